The minimum atomic E-state index is -3.55. The Labute approximate surface area is 108 Å². The Morgan fingerprint density at radius 2 is 2.18 bits per heavy atom. The second-order valence-corrected chi connectivity index (χ2v) is 6.78. The summed E-state index contributed by atoms with van der Waals surface area (Å²) in [6, 6.07) is 3.55. The van der Waals surface area contributed by atoms with Crippen molar-refractivity contribution in [2.24, 2.45) is 5.73 Å². The fourth-order valence-electron chi connectivity index (χ4n) is 1.76. The van der Waals surface area contributed by atoms with E-state index in [0.29, 0.717) is 19.5 Å². The smallest absolute Gasteiger partial charge is 0.243 e. The summed E-state index contributed by atoms with van der Waals surface area (Å²) in [5.74, 6) is -0.484. The molecule has 0 bridgehead atoms. The van der Waals surface area contributed by atoms with Crippen molar-refractivity contribution < 1.29 is 12.8 Å². The lowest BCUT2D eigenvalue weighted by Crippen LogP contribution is -2.32. The van der Waals surface area contributed by atoms with Gasteiger partial charge in [-0.2, -0.15) is 4.31 Å². The molecule has 94 valence electrons. The van der Waals surface area contributed by atoms with Gasteiger partial charge in [0.2, 0.25) is 10.0 Å². The average molecular weight is 323 g/mol. The van der Waals surface area contributed by atoms with Crippen LogP contribution in [0.4, 0.5) is 4.39 Å². The van der Waals surface area contributed by atoms with Crippen molar-refractivity contribution in [1.29, 1.82) is 0 Å². The van der Waals surface area contributed by atoms with E-state index >= 15 is 0 Å². The van der Waals surface area contributed by atoms with Crippen LogP contribution in [0.5, 0.6) is 0 Å². The number of sulfonamides is 1. The van der Waals surface area contributed by atoms with E-state index in [4.69, 9.17) is 5.73 Å². The summed E-state index contributed by atoms with van der Waals surface area (Å²) in [7, 11) is -3.55. The lowest BCUT2D eigenvalue weighted by Gasteiger charge is -2.16. The highest BCUT2D eigenvalue weighted by atomic mass is 79.9. The zero-order valence-corrected chi connectivity index (χ0v) is 11.3. The normalized spacial score (nSPS) is 21.9. The second kappa shape index (κ2) is 4.64. The van der Waals surface area contributed by atoms with Gasteiger partial charge in [0.15, 0.2) is 0 Å². The van der Waals surface area contributed by atoms with E-state index in [1.165, 1.54) is 16.4 Å². The first-order valence-electron chi connectivity index (χ1n) is 5.12. The molecule has 2 rings (SSSR count). The van der Waals surface area contributed by atoms with E-state index in [1.54, 1.807) is 0 Å². The standard InChI is InChI=1S/C10H12BrFN2O2S/c11-9-5-8(1-2-10(9)12)17(15,16)14-4-3-7(13)6-14/h1-2,5,7H,3-4,6,13H2/t7-/m1/s1. The van der Waals surface area contributed by atoms with Gasteiger partial charge in [-0.15, -0.1) is 0 Å². The van der Waals surface area contributed by atoms with Gasteiger partial charge in [0.1, 0.15) is 5.82 Å². The van der Waals surface area contributed by atoms with E-state index in [-0.39, 0.29) is 15.4 Å². The summed E-state index contributed by atoms with van der Waals surface area (Å²) < 4.78 is 38.9. The van der Waals surface area contributed by atoms with Gasteiger partial charge >= 0.3 is 0 Å². The van der Waals surface area contributed by atoms with E-state index in [0.717, 1.165) is 6.07 Å². The van der Waals surface area contributed by atoms with E-state index in [1.807, 2.05) is 0 Å². The third-order valence-electron chi connectivity index (χ3n) is 2.72. The number of benzene rings is 1. The zero-order valence-electron chi connectivity index (χ0n) is 8.94. The van der Waals surface area contributed by atoms with Gasteiger partial charge in [-0.3, -0.25) is 0 Å². The van der Waals surface area contributed by atoms with Crippen molar-refractivity contribution in [3.8, 4) is 0 Å². The van der Waals surface area contributed by atoms with Crippen molar-refractivity contribution in [1.82, 2.24) is 4.31 Å². The van der Waals surface area contributed by atoms with Gasteiger partial charge in [-0.25, -0.2) is 12.8 Å². The fraction of sp³-hybridized carbons (Fsp3) is 0.400. The molecule has 1 aliphatic heterocycles. The van der Waals surface area contributed by atoms with Crippen LogP contribution in [0.25, 0.3) is 0 Å². The fourth-order valence-corrected chi connectivity index (χ4v) is 3.83. The van der Waals surface area contributed by atoms with Gasteiger partial charge in [0.05, 0.1) is 9.37 Å². The third-order valence-corrected chi connectivity index (χ3v) is 5.19. The van der Waals surface area contributed by atoms with Gasteiger partial charge in [-0.05, 0) is 40.5 Å². The maximum Gasteiger partial charge on any atom is 0.243 e. The summed E-state index contributed by atoms with van der Waals surface area (Å²) in [5, 5.41) is 0. The molecule has 1 heterocycles. The molecule has 1 aliphatic rings. The average Bonchev–Trinajstić information content (AvgIpc) is 2.69. The summed E-state index contributed by atoms with van der Waals surface area (Å²) in [4.78, 5) is 0.0832. The molecule has 1 fully saturated rings. The van der Waals surface area contributed by atoms with Crippen molar-refractivity contribution in [2.45, 2.75) is 17.4 Å². The topological polar surface area (TPSA) is 63.4 Å². The lowest BCUT2D eigenvalue weighted by molar-refractivity contribution is 0.472. The molecule has 0 spiro atoms. The van der Waals surface area contributed by atoms with E-state index in [9.17, 15) is 12.8 Å². The molecule has 1 atom stereocenters. The van der Waals surface area contributed by atoms with Crippen LogP contribution >= 0.6 is 15.9 Å². The first-order valence-corrected chi connectivity index (χ1v) is 7.35. The van der Waals surface area contributed by atoms with Crippen LogP contribution in [0.15, 0.2) is 27.6 Å². The second-order valence-electron chi connectivity index (χ2n) is 3.99. The van der Waals surface area contributed by atoms with E-state index < -0.39 is 15.8 Å². The number of rotatable bonds is 2. The molecule has 0 aliphatic carbocycles. The minimum Gasteiger partial charge on any atom is -0.326 e. The molecule has 7 heteroatoms. The first-order chi connectivity index (χ1) is 7.91. The Morgan fingerprint density at radius 3 is 2.71 bits per heavy atom. The van der Waals surface area contributed by atoms with Crippen molar-refractivity contribution in [3.05, 3.63) is 28.5 Å². The van der Waals surface area contributed by atoms with E-state index in [2.05, 4.69) is 15.9 Å². The molecule has 0 amide bonds. The Morgan fingerprint density at radius 1 is 1.47 bits per heavy atom. The minimum absolute atomic E-state index is 0.0832. The van der Waals surface area contributed by atoms with Crippen LogP contribution in [0.2, 0.25) is 0 Å². The summed E-state index contributed by atoms with van der Waals surface area (Å²) >= 11 is 2.98. The summed E-state index contributed by atoms with van der Waals surface area (Å²) in [6.07, 6.45) is 0.654. The summed E-state index contributed by atoms with van der Waals surface area (Å²) in [5.41, 5.74) is 5.68. The predicted octanol–water partition coefficient (Wildman–Crippen LogP) is 1.31. The summed E-state index contributed by atoms with van der Waals surface area (Å²) in [6.45, 7) is 0.732. The van der Waals surface area contributed by atoms with Gasteiger partial charge in [0.25, 0.3) is 0 Å². The van der Waals surface area contributed by atoms with Crippen molar-refractivity contribution >= 4 is 26.0 Å². The van der Waals surface area contributed by atoms with Crippen LogP contribution < -0.4 is 5.73 Å². The highest BCUT2D eigenvalue weighted by molar-refractivity contribution is 9.10. The first kappa shape index (κ1) is 12.9. The molecule has 0 aromatic heterocycles. The molecule has 1 aromatic carbocycles. The quantitative estimate of drug-likeness (QED) is 0.893. The molecular formula is C10H12BrFN2O2S. The highest BCUT2D eigenvalue weighted by Gasteiger charge is 2.31. The third kappa shape index (κ3) is 2.52. The maximum atomic E-state index is 13.1. The Balaban J connectivity index is 2.35. The molecule has 0 unspecified atom stereocenters. The highest BCUT2D eigenvalue weighted by Crippen LogP contribution is 2.24. The number of hydrogen-bond donors (Lipinski definition) is 1. The van der Waals surface area contributed by atoms with Gasteiger partial charge < -0.3 is 5.73 Å². The zero-order chi connectivity index (χ0) is 12.6. The van der Waals surface area contributed by atoms with Gasteiger partial charge in [0, 0.05) is 19.1 Å². The van der Waals surface area contributed by atoms with Crippen molar-refractivity contribution in [3.63, 3.8) is 0 Å². The SMILES string of the molecule is N[C@@H]1CCN(S(=O)(=O)c2ccc(F)c(Br)c2)C1. The van der Waals surface area contributed by atoms with Gasteiger partial charge in [-0.1, -0.05) is 0 Å². The number of hydrogen-bond acceptors (Lipinski definition) is 3. The molecule has 1 aromatic rings. The van der Waals surface area contributed by atoms with Crippen LogP contribution in [0.3, 0.4) is 0 Å². The monoisotopic (exact) mass is 322 g/mol. The number of nitrogens with zero attached hydrogens (tertiary/aromatic N) is 1. The van der Waals surface area contributed by atoms with Crippen molar-refractivity contribution in [2.75, 3.05) is 13.1 Å². The Kier molecular flexibility index (Phi) is 3.53. The number of halogens is 2. The largest absolute Gasteiger partial charge is 0.326 e. The number of nitrogens with two attached hydrogens (primary N) is 1. The Bertz CT molecular complexity index is 535. The molecule has 4 nitrogen and oxygen atoms in total. The molecule has 17 heavy (non-hydrogen) atoms. The molecular weight excluding hydrogens is 311 g/mol. The predicted molar refractivity (Wildman–Crippen MR) is 65.5 cm³/mol. The molecule has 2 N–H and O–H groups in total. The molecule has 1 saturated heterocycles. The maximum absolute atomic E-state index is 13.1. The van der Waals surface area contributed by atoms with Crippen LogP contribution in [-0.2, 0) is 10.0 Å². The van der Waals surface area contributed by atoms with Crippen LogP contribution in [0.1, 0.15) is 6.42 Å². The van der Waals surface area contributed by atoms with Crippen LogP contribution in [0, 0.1) is 5.82 Å². The molecule has 0 saturated carbocycles. The lowest BCUT2D eigenvalue weighted by atomic mass is 10.3. The van der Waals surface area contributed by atoms with Crippen LogP contribution in [-0.4, -0.2) is 31.9 Å². The molecule has 0 radical (unpaired) electrons. The Hall–Kier alpha value is -0.500.